The number of hydrogen-bond acceptors (Lipinski definition) is 7. The van der Waals surface area contributed by atoms with Gasteiger partial charge in [-0.25, -0.2) is 0 Å². The molecule has 176 valence electrons. The van der Waals surface area contributed by atoms with Crippen LogP contribution in [0.4, 0.5) is 0 Å². The Kier molecular flexibility index (Phi) is 8.32. The molecule has 1 aromatic heterocycles. The average molecular weight is 461 g/mol. The summed E-state index contributed by atoms with van der Waals surface area (Å²) in [6.45, 7) is 5.15. The Morgan fingerprint density at radius 1 is 1.00 bits per heavy atom. The normalized spacial score (nSPS) is 13.9. The number of morpholine rings is 1. The van der Waals surface area contributed by atoms with Crippen LogP contribution in [-0.4, -0.2) is 60.3 Å². The predicted octanol–water partition coefficient (Wildman–Crippen LogP) is 3.71. The van der Waals surface area contributed by atoms with Gasteiger partial charge in [-0.2, -0.15) is 5.01 Å². The van der Waals surface area contributed by atoms with Gasteiger partial charge in [-0.15, -0.1) is 4.91 Å². The van der Waals surface area contributed by atoms with E-state index in [2.05, 4.69) is 15.2 Å². The van der Waals surface area contributed by atoms with Crippen molar-refractivity contribution in [2.45, 2.75) is 13.0 Å². The zero-order valence-electron chi connectivity index (χ0n) is 19.0. The van der Waals surface area contributed by atoms with Crippen molar-refractivity contribution in [2.24, 2.45) is 5.29 Å². The molecule has 0 unspecified atom stereocenters. The van der Waals surface area contributed by atoms with E-state index in [-0.39, 0.29) is 13.0 Å². The summed E-state index contributed by atoms with van der Waals surface area (Å²) in [6.07, 6.45) is 1.74. The molecule has 2 aromatic carbocycles. The summed E-state index contributed by atoms with van der Waals surface area (Å²) in [4.78, 5) is 30.4. The molecule has 0 atom stereocenters. The molecule has 1 aliphatic heterocycles. The summed E-state index contributed by atoms with van der Waals surface area (Å²) < 4.78 is 11.2. The van der Waals surface area contributed by atoms with Gasteiger partial charge in [0.25, 0.3) is 5.91 Å². The summed E-state index contributed by atoms with van der Waals surface area (Å²) in [5.41, 5.74) is 3.36. The van der Waals surface area contributed by atoms with Crippen molar-refractivity contribution >= 4 is 5.91 Å². The van der Waals surface area contributed by atoms with Crippen LogP contribution in [0.5, 0.6) is 5.75 Å². The number of nitrogens with zero attached hydrogens (tertiary/aromatic N) is 4. The maximum Gasteiger partial charge on any atom is 0.251 e. The van der Waals surface area contributed by atoms with Gasteiger partial charge in [0.15, 0.2) is 0 Å². The number of aromatic nitrogens is 1. The first-order chi connectivity index (χ1) is 16.7. The lowest BCUT2D eigenvalue weighted by Crippen LogP contribution is -2.38. The van der Waals surface area contributed by atoms with E-state index in [0.29, 0.717) is 12.3 Å². The molecule has 1 amide bonds. The minimum atomic E-state index is -0.391. The zero-order valence-corrected chi connectivity index (χ0v) is 19.0. The van der Waals surface area contributed by atoms with Crippen LogP contribution in [0.3, 0.4) is 0 Å². The highest BCUT2D eigenvalue weighted by atomic mass is 16.5. The first kappa shape index (κ1) is 23.5. The third kappa shape index (κ3) is 6.69. The number of carbonyl (C=O) groups is 1. The van der Waals surface area contributed by atoms with Crippen LogP contribution < -0.4 is 4.74 Å². The molecule has 0 radical (unpaired) electrons. The van der Waals surface area contributed by atoms with E-state index in [0.717, 1.165) is 60.3 Å². The Balaban J connectivity index is 1.28. The lowest BCUT2D eigenvalue weighted by molar-refractivity contribution is -0.131. The minimum absolute atomic E-state index is 0.00870. The maximum atomic E-state index is 12.5. The molecule has 0 N–H and O–H groups in total. The van der Waals surface area contributed by atoms with Gasteiger partial charge in [0.1, 0.15) is 12.4 Å². The van der Waals surface area contributed by atoms with Crippen LogP contribution in [0.2, 0.25) is 0 Å². The van der Waals surface area contributed by atoms with Gasteiger partial charge < -0.3 is 9.47 Å². The molecule has 34 heavy (non-hydrogen) atoms. The van der Waals surface area contributed by atoms with Crippen LogP contribution in [0.15, 0.2) is 78.2 Å². The van der Waals surface area contributed by atoms with E-state index in [9.17, 15) is 9.70 Å². The highest BCUT2D eigenvalue weighted by Gasteiger charge is 2.16. The second-order valence-corrected chi connectivity index (χ2v) is 8.06. The van der Waals surface area contributed by atoms with Crippen molar-refractivity contribution < 1.29 is 14.3 Å². The summed E-state index contributed by atoms with van der Waals surface area (Å²) in [5.74, 6) is 0.435. The SMILES string of the molecule is O=NN(Cc1ccccc1)C(=O)Cc1ccc(-c2ccc(OCCN3CCOCC3)cc2)cn1. The van der Waals surface area contributed by atoms with Crippen molar-refractivity contribution in [3.05, 3.63) is 89.1 Å². The van der Waals surface area contributed by atoms with E-state index >= 15 is 0 Å². The van der Waals surface area contributed by atoms with Gasteiger partial charge in [-0.1, -0.05) is 48.5 Å². The number of ether oxygens (including phenoxy) is 2. The van der Waals surface area contributed by atoms with Gasteiger partial charge >= 0.3 is 0 Å². The molecule has 0 bridgehead atoms. The first-order valence-electron chi connectivity index (χ1n) is 11.4. The molecule has 0 spiro atoms. The quantitative estimate of drug-likeness (QED) is 0.339. The van der Waals surface area contributed by atoms with Crippen molar-refractivity contribution in [3.8, 4) is 16.9 Å². The molecule has 4 rings (SSSR count). The second kappa shape index (κ2) is 12.0. The maximum absolute atomic E-state index is 12.5. The third-order valence-electron chi connectivity index (χ3n) is 5.69. The van der Waals surface area contributed by atoms with E-state index in [1.54, 1.807) is 12.3 Å². The fourth-order valence-electron chi connectivity index (χ4n) is 3.73. The molecule has 2 heterocycles. The standard InChI is InChI=1S/C26H28N4O4/c31-26(30(28-32)20-21-4-2-1-3-5-21)18-24-9-6-23(19-27-24)22-7-10-25(11-8-22)34-17-14-29-12-15-33-16-13-29/h1-11,19H,12-18,20H2. The number of benzene rings is 2. The van der Waals surface area contributed by atoms with Crippen molar-refractivity contribution in [3.63, 3.8) is 0 Å². The minimum Gasteiger partial charge on any atom is -0.492 e. The fraction of sp³-hybridized carbons (Fsp3) is 0.308. The van der Waals surface area contributed by atoms with Gasteiger partial charge in [0.2, 0.25) is 0 Å². The molecule has 3 aromatic rings. The molecule has 8 nitrogen and oxygen atoms in total. The first-order valence-corrected chi connectivity index (χ1v) is 11.4. The number of rotatable bonds is 10. The van der Waals surface area contributed by atoms with Crippen LogP contribution in [0.25, 0.3) is 11.1 Å². The van der Waals surface area contributed by atoms with Gasteiger partial charge in [0, 0.05) is 37.1 Å². The van der Waals surface area contributed by atoms with Crippen LogP contribution in [-0.2, 0) is 22.5 Å². The Morgan fingerprint density at radius 2 is 1.74 bits per heavy atom. The molecule has 1 fully saturated rings. The summed E-state index contributed by atoms with van der Waals surface area (Å²) in [7, 11) is 0. The number of carbonyl (C=O) groups excluding carboxylic acids is 1. The van der Waals surface area contributed by atoms with Crippen LogP contribution >= 0.6 is 0 Å². The van der Waals surface area contributed by atoms with Crippen molar-refractivity contribution in [2.75, 3.05) is 39.5 Å². The Labute approximate surface area is 199 Å². The predicted molar refractivity (Wildman–Crippen MR) is 129 cm³/mol. The lowest BCUT2D eigenvalue weighted by Gasteiger charge is -2.26. The second-order valence-electron chi connectivity index (χ2n) is 8.06. The van der Waals surface area contributed by atoms with E-state index in [1.807, 2.05) is 60.7 Å². The molecule has 1 aliphatic rings. The van der Waals surface area contributed by atoms with Gasteiger partial charge in [-0.3, -0.25) is 14.7 Å². The van der Waals surface area contributed by atoms with Crippen molar-refractivity contribution in [1.82, 2.24) is 14.9 Å². The van der Waals surface area contributed by atoms with Crippen molar-refractivity contribution in [1.29, 1.82) is 0 Å². The van der Waals surface area contributed by atoms with Gasteiger partial charge in [0.05, 0.1) is 31.5 Å². The third-order valence-corrected chi connectivity index (χ3v) is 5.69. The highest BCUT2D eigenvalue weighted by Crippen LogP contribution is 2.22. The summed E-state index contributed by atoms with van der Waals surface area (Å²) in [6, 6.07) is 20.9. The molecule has 0 aliphatic carbocycles. The average Bonchev–Trinajstić information content (AvgIpc) is 2.89. The Hall–Kier alpha value is -3.62. The fourth-order valence-corrected chi connectivity index (χ4v) is 3.73. The molecule has 8 heteroatoms. The Morgan fingerprint density at radius 3 is 2.41 bits per heavy atom. The van der Waals surface area contributed by atoms with Crippen LogP contribution in [0, 0.1) is 4.91 Å². The monoisotopic (exact) mass is 460 g/mol. The number of nitroso groups, excluding NO2 is 1. The van der Waals surface area contributed by atoms with E-state index in [4.69, 9.17) is 9.47 Å². The smallest absolute Gasteiger partial charge is 0.251 e. The number of pyridine rings is 1. The zero-order chi connectivity index (χ0) is 23.6. The Bertz CT molecular complexity index is 1050. The topological polar surface area (TPSA) is 84.3 Å². The van der Waals surface area contributed by atoms with Gasteiger partial charge in [-0.05, 0) is 29.3 Å². The molecular weight excluding hydrogens is 432 g/mol. The number of hydrogen-bond donors (Lipinski definition) is 0. The molecule has 0 saturated carbocycles. The van der Waals surface area contributed by atoms with E-state index in [1.165, 1.54) is 0 Å². The molecule has 1 saturated heterocycles. The largest absolute Gasteiger partial charge is 0.492 e. The molecular formula is C26H28N4O4. The lowest BCUT2D eigenvalue weighted by atomic mass is 10.1. The summed E-state index contributed by atoms with van der Waals surface area (Å²) in [5, 5.41) is 3.82. The number of amides is 1. The highest BCUT2D eigenvalue weighted by molar-refractivity contribution is 5.78. The summed E-state index contributed by atoms with van der Waals surface area (Å²) >= 11 is 0. The van der Waals surface area contributed by atoms with Crippen LogP contribution in [0.1, 0.15) is 11.3 Å². The van der Waals surface area contributed by atoms with E-state index < -0.39 is 5.91 Å².